The number of aryl methyl sites for hydroxylation is 1. The first-order valence-corrected chi connectivity index (χ1v) is 11.4. The zero-order valence-corrected chi connectivity index (χ0v) is 18.0. The van der Waals surface area contributed by atoms with Gasteiger partial charge in [0.05, 0.1) is 11.1 Å². The van der Waals surface area contributed by atoms with Crippen LogP contribution in [-0.4, -0.2) is 40.5 Å². The molecule has 32 heavy (non-hydrogen) atoms. The lowest BCUT2D eigenvalue weighted by atomic mass is 10.1. The summed E-state index contributed by atoms with van der Waals surface area (Å²) in [5.74, 6) is -0.356. The van der Waals surface area contributed by atoms with Gasteiger partial charge in [0.2, 0.25) is 5.91 Å². The lowest BCUT2D eigenvalue weighted by Gasteiger charge is -2.13. The molecule has 2 heterocycles. The Labute approximate surface area is 184 Å². The number of carbonyl (C=O) groups is 2. The van der Waals surface area contributed by atoms with Crippen molar-refractivity contribution in [3.63, 3.8) is 0 Å². The maximum absolute atomic E-state index is 12.9. The summed E-state index contributed by atoms with van der Waals surface area (Å²) in [6, 6.07) is 8.06. The molecular weight excluding hydrogens is 436 g/mol. The van der Waals surface area contributed by atoms with Crippen molar-refractivity contribution >= 4 is 39.0 Å². The van der Waals surface area contributed by atoms with E-state index >= 15 is 0 Å². The second kappa shape index (κ2) is 8.46. The molecule has 2 aromatic heterocycles. The normalized spacial score (nSPS) is 18.4. The number of aromatic nitrogens is 3. The van der Waals surface area contributed by atoms with Crippen molar-refractivity contribution in [3.05, 3.63) is 48.3 Å². The maximum atomic E-state index is 12.9. The Balaban J connectivity index is 1.45. The predicted octanol–water partition coefficient (Wildman–Crippen LogP) is 1.68. The smallest absolute Gasteiger partial charge is 0.404 e. The first-order valence-electron chi connectivity index (χ1n) is 9.92. The summed E-state index contributed by atoms with van der Waals surface area (Å²) in [6.07, 6.45) is 3.02. The third-order valence-corrected chi connectivity index (χ3v) is 6.97. The number of hydrogen-bond acceptors (Lipinski definition) is 8. The average molecular weight is 459 g/mol. The maximum Gasteiger partial charge on any atom is 0.404 e. The zero-order valence-electron chi connectivity index (χ0n) is 17.2. The topological polar surface area (TPSA) is 158 Å². The highest BCUT2D eigenvalue weighted by Gasteiger charge is 2.32. The van der Waals surface area contributed by atoms with Crippen LogP contribution >= 0.6 is 0 Å². The number of nitrogens with one attached hydrogen (secondary N) is 2. The van der Waals surface area contributed by atoms with Gasteiger partial charge in [0.15, 0.2) is 11.5 Å². The highest BCUT2D eigenvalue weighted by atomic mass is 32.2. The van der Waals surface area contributed by atoms with E-state index in [4.69, 9.17) is 10.5 Å². The van der Waals surface area contributed by atoms with E-state index in [1.54, 1.807) is 12.1 Å². The van der Waals surface area contributed by atoms with Gasteiger partial charge in [0.1, 0.15) is 11.6 Å². The van der Waals surface area contributed by atoms with Crippen LogP contribution in [-0.2, 0) is 19.6 Å². The zero-order chi connectivity index (χ0) is 22.9. The van der Waals surface area contributed by atoms with Gasteiger partial charge >= 0.3 is 6.09 Å². The summed E-state index contributed by atoms with van der Waals surface area (Å²) in [4.78, 5) is 31.9. The Morgan fingerprint density at radius 1 is 1.19 bits per heavy atom. The third-order valence-electron chi connectivity index (χ3n) is 5.29. The van der Waals surface area contributed by atoms with Gasteiger partial charge in [-0.15, -0.1) is 0 Å². The van der Waals surface area contributed by atoms with E-state index in [9.17, 15) is 18.0 Å². The minimum Gasteiger partial charge on any atom is -0.446 e. The molecule has 0 aliphatic heterocycles. The van der Waals surface area contributed by atoms with E-state index in [1.807, 2.05) is 6.92 Å². The number of fused-ring (bicyclic) bond motifs is 1. The molecule has 1 saturated carbocycles. The minimum atomic E-state index is -3.82. The molecule has 2 unspecified atom stereocenters. The molecule has 4 rings (SSSR count). The predicted molar refractivity (Wildman–Crippen MR) is 115 cm³/mol. The lowest BCUT2D eigenvalue weighted by Crippen LogP contribution is -2.35. The van der Waals surface area contributed by atoms with Gasteiger partial charge in [0.25, 0.3) is 10.0 Å². The summed E-state index contributed by atoms with van der Waals surface area (Å²) in [5.41, 5.74) is 11.7. The van der Waals surface area contributed by atoms with Crippen molar-refractivity contribution in [3.8, 4) is 0 Å². The van der Waals surface area contributed by atoms with Crippen LogP contribution in [0.2, 0.25) is 0 Å². The van der Waals surface area contributed by atoms with Gasteiger partial charge in [0, 0.05) is 12.1 Å². The summed E-state index contributed by atoms with van der Waals surface area (Å²) >= 11 is 0. The SMILES string of the molecule is Cc1ccc(S(=O)(=O)n2ccc3nc(NNC(=O)C4CCC(OC(N)=O)C4)cnc32)cc1. The fraction of sp³-hybridized carbons (Fsp3) is 0.300. The van der Waals surface area contributed by atoms with Crippen LogP contribution in [0.5, 0.6) is 0 Å². The molecule has 1 fully saturated rings. The summed E-state index contributed by atoms with van der Waals surface area (Å²) in [6.45, 7) is 1.88. The number of anilines is 1. The second-order valence-electron chi connectivity index (χ2n) is 7.58. The van der Waals surface area contributed by atoms with Crippen molar-refractivity contribution in [2.45, 2.75) is 37.2 Å². The van der Waals surface area contributed by atoms with Gasteiger partial charge in [-0.25, -0.2) is 27.2 Å². The minimum absolute atomic E-state index is 0.145. The Hall–Kier alpha value is -3.67. The molecule has 12 heteroatoms. The molecule has 2 amide bonds. The summed E-state index contributed by atoms with van der Waals surface area (Å²) in [5, 5.41) is 0. The number of amides is 2. The molecule has 0 bridgehead atoms. The number of hydrogen-bond donors (Lipinski definition) is 3. The van der Waals surface area contributed by atoms with Crippen LogP contribution in [0.4, 0.5) is 10.6 Å². The number of carbonyl (C=O) groups excluding carboxylic acids is 2. The van der Waals surface area contributed by atoms with Gasteiger partial charge in [-0.3, -0.25) is 15.6 Å². The van der Waals surface area contributed by atoms with E-state index in [2.05, 4.69) is 20.8 Å². The summed E-state index contributed by atoms with van der Waals surface area (Å²) in [7, 11) is -3.82. The number of rotatable bonds is 6. The Morgan fingerprint density at radius 3 is 2.66 bits per heavy atom. The molecule has 11 nitrogen and oxygen atoms in total. The number of benzene rings is 1. The van der Waals surface area contributed by atoms with E-state index in [-0.39, 0.29) is 34.3 Å². The molecule has 1 aliphatic carbocycles. The fourth-order valence-corrected chi connectivity index (χ4v) is 4.94. The monoisotopic (exact) mass is 458 g/mol. The Morgan fingerprint density at radius 2 is 1.94 bits per heavy atom. The van der Waals surface area contributed by atoms with E-state index in [1.165, 1.54) is 30.6 Å². The lowest BCUT2D eigenvalue weighted by molar-refractivity contribution is -0.124. The fourth-order valence-electron chi connectivity index (χ4n) is 3.64. The molecule has 3 aromatic rings. The van der Waals surface area contributed by atoms with E-state index in [0.29, 0.717) is 24.8 Å². The highest BCUT2D eigenvalue weighted by Crippen LogP contribution is 2.28. The molecule has 4 N–H and O–H groups in total. The van der Waals surface area contributed by atoms with Gasteiger partial charge in [-0.2, -0.15) is 0 Å². The van der Waals surface area contributed by atoms with Crippen LogP contribution in [0.3, 0.4) is 0 Å². The Kier molecular flexibility index (Phi) is 5.70. The number of nitrogens with two attached hydrogens (primary N) is 1. The molecule has 1 aliphatic rings. The first kappa shape index (κ1) is 21.6. The molecule has 168 valence electrons. The van der Waals surface area contributed by atoms with Crippen LogP contribution in [0.1, 0.15) is 24.8 Å². The number of primary amides is 1. The quantitative estimate of drug-likeness (QED) is 0.471. The largest absolute Gasteiger partial charge is 0.446 e. The number of ether oxygens (including phenoxy) is 1. The standard InChI is InChI=1S/C20H22N6O5S/c1-12-2-6-15(7-3-12)32(29,30)26-9-8-16-18(26)22-11-17(23-16)24-25-19(27)13-4-5-14(10-13)31-20(21)28/h2-3,6-9,11,13-14H,4-5,10H2,1H3,(H2,21,28)(H,23,24)(H,25,27). The number of hydrazine groups is 1. The van der Waals surface area contributed by atoms with Gasteiger partial charge in [-0.05, 0) is 44.4 Å². The first-order chi connectivity index (χ1) is 15.2. The van der Waals surface area contributed by atoms with Crippen LogP contribution < -0.4 is 16.6 Å². The molecule has 0 spiro atoms. The Bertz CT molecular complexity index is 1270. The van der Waals surface area contributed by atoms with E-state index < -0.39 is 16.1 Å². The third kappa shape index (κ3) is 4.35. The molecule has 0 saturated heterocycles. The van der Waals surface area contributed by atoms with Crippen molar-refractivity contribution in [2.75, 3.05) is 5.43 Å². The average Bonchev–Trinajstić information content (AvgIpc) is 3.39. The molecule has 0 radical (unpaired) electrons. The van der Waals surface area contributed by atoms with E-state index in [0.717, 1.165) is 9.54 Å². The van der Waals surface area contributed by atoms with Crippen LogP contribution in [0.25, 0.3) is 11.2 Å². The van der Waals surface area contributed by atoms with Crippen molar-refractivity contribution in [2.24, 2.45) is 11.7 Å². The van der Waals surface area contributed by atoms with Crippen LogP contribution in [0, 0.1) is 12.8 Å². The molecule has 1 aromatic carbocycles. The van der Waals surface area contributed by atoms with Gasteiger partial charge < -0.3 is 10.5 Å². The number of nitrogens with zero attached hydrogens (tertiary/aromatic N) is 3. The highest BCUT2D eigenvalue weighted by molar-refractivity contribution is 7.90. The second-order valence-corrected chi connectivity index (χ2v) is 9.39. The van der Waals surface area contributed by atoms with Crippen molar-refractivity contribution in [1.29, 1.82) is 0 Å². The van der Waals surface area contributed by atoms with Crippen LogP contribution in [0.15, 0.2) is 47.6 Å². The molecule has 2 atom stereocenters. The molecular formula is C20H22N6O5S. The summed E-state index contributed by atoms with van der Waals surface area (Å²) < 4.78 is 31.9. The van der Waals surface area contributed by atoms with Crippen molar-refractivity contribution < 1.29 is 22.7 Å². The van der Waals surface area contributed by atoms with Crippen molar-refractivity contribution in [1.82, 2.24) is 19.4 Å². The van der Waals surface area contributed by atoms with Gasteiger partial charge in [-0.1, -0.05) is 17.7 Å².